The van der Waals surface area contributed by atoms with E-state index in [-0.39, 0.29) is 12.5 Å². The Labute approximate surface area is 116 Å². The third-order valence-corrected chi connectivity index (χ3v) is 3.67. The fraction of sp³-hybridized carbons (Fsp3) is 0.462. The standard InChI is InChI=1S/C13H17BrN2O2/c1-15-6-8-16(9-7-15)13(17)10-18-12-4-2-11(14)3-5-12/h2-5H,6-10H2,1H3/p+1. The molecule has 0 aromatic heterocycles. The molecule has 0 saturated carbocycles. The molecule has 98 valence electrons. The third kappa shape index (κ3) is 3.71. The molecule has 1 N–H and O–H groups in total. The Morgan fingerprint density at radius 3 is 2.56 bits per heavy atom. The van der Waals surface area contributed by atoms with Gasteiger partial charge in [0.1, 0.15) is 5.75 Å². The second-order valence-electron chi connectivity index (χ2n) is 4.58. The lowest BCUT2D eigenvalue weighted by atomic mass is 10.3. The van der Waals surface area contributed by atoms with E-state index in [1.54, 1.807) is 0 Å². The average Bonchev–Trinajstić information content (AvgIpc) is 2.38. The van der Waals surface area contributed by atoms with Gasteiger partial charge in [-0.3, -0.25) is 4.79 Å². The molecule has 1 aliphatic rings. The van der Waals surface area contributed by atoms with Gasteiger partial charge < -0.3 is 14.5 Å². The van der Waals surface area contributed by atoms with Crippen molar-refractivity contribution in [3.63, 3.8) is 0 Å². The first-order chi connectivity index (χ1) is 8.65. The van der Waals surface area contributed by atoms with Crippen molar-refractivity contribution in [1.82, 2.24) is 4.90 Å². The minimum Gasteiger partial charge on any atom is -0.484 e. The van der Waals surface area contributed by atoms with Gasteiger partial charge >= 0.3 is 0 Å². The van der Waals surface area contributed by atoms with E-state index in [0.29, 0.717) is 0 Å². The van der Waals surface area contributed by atoms with Crippen LogP contribution in [0, 0.1) is 0 Å². The van der Waals surface area contributed by atoms with E-state index in [9.17, 15) is 4.79 Å². The van der Waals surface area contributed by atoms with Gasteiger partial charge in [0, 0.05) is 4.47 Å². The highest BCUT2D eigenvalue weighted by molar-refractivity contribution is 9.10. The third-order valence-electron chi connectivity index (χ3n) is 3.15. The predicted octanol–water partition coefficient (Wildman–Crippen LogP) is 0.185. The predicted molar refractivity (Wildman–Crippen MR) is 72.8 cm³/mol. The lowest BCUT2D eigenvalue weighted by molar-refractivity contribution is -0.883. The molecule has 0 bridgehead atoms. The Bertz CT molecular complexity index is 400. The highest BCUT2D eigenvalue weighted by atomic mass is 79.9. The minimum atomic E-state index is 0.0745. The van der Waals surface area contributed by atoms with E-state index in [1.165, 1.54) is 4.90 Å². The maximum Gasteiger partial charge on any atom is 0.260 e. The molecule has 1 aromatic rings. The number of carbonyl (C=O) groups is 1. The number of likely N-dealkylation sites (N-methyl/N-ethyl adjacent to an activating group) is 1. The molecule has 1 saturated heterocycles. The molecule has 0 unspecified atom stereocenters. The van der Waals surface area contributed by atoms with Gasteiger partial charge in [-0.05, 0) is 24.3 Å². The summed E-state index contributed by atoms with van der Waals surface area (Å²) in [5, 5.41) is 0. The lowest BCUT2D eigenvalue weighted by Crippen LogP contribution is -3.12. The number of carbonyl (C=O) groups excluding carboxylic acids is 1. The Morgan fingerprint density at radius 1 is 1.33 bits per heavy atom. The minimum absolute atomic E-state index is 0.0745. The SMILES string of the molecule is C[NH+]1CCN(C(=O)COc2ccc(Br)cc2)CC1. The Kier molecular flexibility index (Phi) is 4.60. The molecule has 1 fully saturated rings. The van der Waals surface area contributed by atoms with Gasteiger partial charge in [-0.2, -0.15) is 0 Å². The number of piperazine rings is 1. The summed E-state index contributed by atoms with van der Waals surface area (Å²) in [6, 6.07) is 7.51. The number of amides is 1. The first-order valence-electron chi connectivity index (χ1n) is 6.12. The lowest BCUT2D eigenvalue weighted by Gasteiger charge is -2.29. The van der Waals surface area contributed by atoms with Crippen LogP contribution in [-0.2, 0) is 4.79 Å². The summed E-state index contributed by atoms with van der Waals surface area (Å²) in [5.74, 6) is 0.803. The Hall–Kier alpha value is -1.07. The maximum absolute atomic E-state index is 11.9. The molecule has 0 aliphatic carbocycles. The van der Waals surface area contributed by atoms with E-state index in [4.69, 9.17) is 4.74 Å². The smallest absolute Gasteiger partial charge is 0.260 e. The average molecular weight is 314 g/mol. The number of nitrogens with zero attached hydrogens (tertiary/aromatic N) is 1. The molecule has 4 nitrogen and oxygen atoms in total. The fourth-order valence-electron chi connectivity index (χ4n) is 1.91. The molecule has 5 heteroatoms. The first-order valence-corrected chi connectivity index (χ1v) is 6.92. The van der Waals surface area contributed by atoms with E-state index in [1.807, 2.05) is 29.2 Å². The van der Waals surface area contributed by atoms with Crippen LogP contribution in [0.3, 0.4) is 0 Å². The van der Waals surface area contributed by atoms with Gasteiger partial charge in [0.15, 0.2) is 6.61 Å². The molecular formula is C13H18BrN2O2+. The van der Waals surface area contributed by atoms with Crippen molar-refractivity contribution in [2.75, 3.05) is 39.8 Å². The van der Waals surface area contributed by atoms with Gasteiger partial charge in [-0.25, -0.2) is 0 Å². The maximum atomic E-state index is 11.9. The Balaban J connectivity index is 1.79. The van der Waals surface area contributed by atoms with Gasteiger partial charge in [-0.15, -0.1) is 0 Å². The van der Waals surface area contributed by atoms with Crippen LogP contribution in [0.4, 0.5) is 0 Å². The zero-order chi connectivity index (χ0) is 13.0. The Morgan fingerprint density at radius 2 is 1.94 bits per heavy atom. The molecule has 1 amide bonds. The van der Waals surface area contributed by atoms with Crippen molar-refractivity contribution < 1.29 is 14.4 Å². The number of hydrogen-bond donors (Lipinski definition) is 1. The van der Waals surface area contributed by atoms with Crippen molar-refractivity contribution in [2.24, 2.45) is 0 Å². The molecule has 1 aliphatic heterocycles. The van der Waals surface area contributed by atoms with Crippen LogP contribution in [-0.4, -0.2) is 50.6 Å². The zero-order valence-electron chi connectivity index (χ0n) is 10.5. The van der Waals surface area contributed by atoms with Crippen LogP contribution in [0.5, 0.6) is 5.75 Å². The topological polar surface area (TPSA) is 34.0 Å². The van der Waals surface area contributed by atoms with Crippen LogP contribution < -0.4 is 9.64 Å². The normalized spacial score (nSPS) is 16.7. The summed E-state index contributed by atoms with van der Waals surface area (Å²) in [5.41, 5.74) is 0. The first kappa shape index (κ1) is 13.4. The van der Waals surface area contributed by atoms with Crippen molar-refractivity contribution in [1.29, 1.82) is 0 Å². The number of quaternary nitrogens is 1. The van der Waals surface area contributed by atoms with Crippen molar-refractivity contribution in [2.45, 2.75) is 0 Å². The number of ether oxygens (including phenoxy) is 1. The molecule has 18 heavy (non-hydrogen) atoms. The molecule has 0 radical (unpaired) electrons. The van der Waals surface area contributed by atoms with E-state index in [2.05, 4.69) is 23.0 Å². The zero-order valence-corrected chi connectivity index (χ0v) is 12.1. The van der Waals surface area contributed by atoms with Crippen LogP contribution >= 0.6 is 15.9 Å². The molecule has 0 spiro atoms. The molecule has 1 aromatic carbocycles. The highest BCUT2D eigenvalue weighted by Crippen LogP contribution is 2.16. The number of rotatable bonds is 3. The number of halogens is 1. The second kappa shape index (κ2) is 6.20. The molecule has 2 rings (SSSR count). The van der Waals surface area contributed by atoms with Gasteiger partial charge in [-0.1, -0.05) is 15.9 Å². The van der Waals surface area contributed by atoms with Crippen molar-refractivity contribution in [3.05, 3.63) is 28.7 Å². The van der Waals surface area contributed by atoms with Crippen LogP contribution in [0.1, 0.15) is 0 Å². The van der Waals surface area contributed by atoms with Crippen molar-refractivity contribution in [3.8, 4) is 5.75 Å². The largest absolute Gasteiger partial charge is 0.484 e. The van der Waals surface area contributed by atoms with E-state index < -0.39 is 0 Å². The second-order valence-corrected chi connectivity index (χ2v) is 5.50. The summed E-state index contributed by atoms with van der Waals surface area (Å²) < 4.78 is 6.49. The summed E-state index contributed by atoms with van der Waals surface area (Å²) in [6.07, 6.45) is 0. The summed E-state index contributed by atoms with van der Waals surface area (Å²) in [4.78, 5) is 15.3. The summed E-state index contributed by atoms with van der Waals surface area (Å²) in [6.45, 7) is 3.82. The summed E-state index contributed by atoms with van der Waals surface area (Å²) in [7, 11) is 2.15. The van der Waals surface area contributed by atoms with E-state index >= 15 is 0 Å². The van der Waals surface area contributed by atoms with Gasteiger partial charge in [0.05, 0.1) is 33.2 Å². The molecule has 0 atom stereocenters. The number of hydrogen-bond acceptors (Lipinski definition) is 2. The highest BCUT2D eigenvalue weighted by Gasteiger charge is 2.21. The van der Waals surface area contributed by atoms with Gasteiger partial charge in [0.2, 0.25) is 0 Å². The van der Waals surface area contributed by atoms with Gasteiger partial charge in [0.25, 0.3) is 5.91 Å². The quantitative estimate of drug-likeness (QED) is 0.864. The van der Waals surface area contributed by atoms with E-state index in [0.717, 1.165) is 36.4 Å². The molecular weight excluding hydrogens is 296 g/mol. The fourth-order valence-corrected chi connectivity index (χ4v) is 2.17. The monoisotopic (exact) mass is 313 g/mol. The van der Waals surface area contributed by atoms with Crippen molar-refractivity contribution >= 4 is 21.8 Å². The van der Waals surface area contributed by atoms with Crippen LogP contribution in [0.25, 0.3) is 0 Å². The number of nitrogens with one attached hydrogen (secondary N) is 1. The number of benzene rings is 1. The summed E-state index contributed by atoms with van der Waals surface area (Å²) >= 11 is 3.36. The van der Waals surface area contributed by atoms with Crippen LogP contribution in [0.2, 0.25) is 0 Å². The molecule has 1 heterocycles. The van der Waals surface area contributed by atoms with Crippen LogP contribution in [0.15, 0.2) is 28.7 Å².